The fourth-order valence-corrected chi connectivity index (χ4v) is 2.04. The Morgan fingerprint density at radius 3 is 2.46 bits per heavy atom. The number of aromatic nitrogens is 1. The van der Waals surface area contributed by atoms with Crippen molar-refractivity contribution in [3.8, 4) is 5.75 Å². The molecule has 26 heavy (non-hydrogen) atoms. The van der Waals surface area contributed by atoms with Crippen molar-refractivity contribution < 1.29 is 14.3 Å². The van der Waals surface area contributed by atoms with Crippen LogP contribution in [0.2, 0.25) is 0 Å². The predicted octanol–water partition coefficient (Wildman–Crippen LogP) is 1.83. The average molecular weight is 370 g/mol. The molecule has 0 spiro atoms. The Labute approximate surface area is 156 Å². The summed E-state index contributed by atoms with van der Waals surface area (Å²) in [4.78, 5) is 27.5. The minimum atomic E-state index is -0.422. The van der Waals surface area contributed by atoms with E-state index in [0.717, 1.165) is 11.3 Å². The highest BCUT2D eigenvalue weighted by Gasteiger charge is 2.06. The summed E-state index contributed by atoms with van der Waals surface area (Å²) in [6.07, 6.45) is 5.99. The van der Waals surface area contributed by atoms with Crippen molar-refractivity contribution in [3.05, 3.63) is 66.0 Å². The second-order valence-electron chi connectivity index (χ2n) is 4.97. The van der Waals surface area contributed by atoms with E-state index < -0.39 is 11.8 Å². The molecule has 3 N–H and O–H groups in total. The van der Waals surface area contributed by atoms with Crippen LogP contribution in [0.5, 0.6) is 5.75 Å². The predicted molar refractivity (Wildman–Crippen MR) is 102 cm³/mol. The Bertz CT molecular complexity index is 792. The number of thiocarbonyl (C=S) groups is 1. The van der Waals surface area contributed by atoms with Crippen LogP contribution in [0.25, 0.3) is 6.08 Å². The monoisotopic (exact) mass is 370 g/mol. The number of nitrogens with one attached hydrogen (secondary N) is 3. The average Bonchev–Trinajstić information content (AvgIpc) is 2.66. The van der Waals surface area contributed by atoms with Crippen LogP contribution < -0.4 is 20.9 Å². The molecule has 0 bridgehead atoms. The number of amides is 2. The van der Waals surface area contributed by atoms with Crippen LogP contribution in [0.3, 0.4) is 0 Å². The molecule has 8 heteroatoms. The third-order valence-corrected chi connectivity index (χ3v) is 3.29. The zero-order valence-corrected chi connectivity index (χ0v) is 14.9. The summed E-state index contributed by atoms with van der Waals surface area (Å²) in [5.74, 6) is -0.0482. The van der Waals surface area contributed by atoms with Crippen LogP contribution in [0.4, 0.5) is 0 Å². The Hall–Kier alpha value is -3.26. The van der Waals surface area contributed by atoms with E-state index in [1.54, 1.807) is 18.2 Å². The number of benzene rings is 1. The van der Waals surface area contributed by atoms with E-state index >= 15 is 0 Å². The number of hydrogen-bond donors (Lipinski definition) is 3. The Kier molecular flexibility index (Phi) is 7.26. The molecule has 0 aliphatic rings. The lowest BCUT2D eigenvalue weighted by molar-refractivity contribution is -0.115. The summed E-state index contributed by atoms with van der Waals surface area (Å²) in [5, 5.41) is 2.41. The quantitative estimate of drug-likeness (QED) is 0.422. The third kappa shape index (κ3) is 6.33. The molecule has 1 aromatic heterocycles. The summed E-state index contributed by atoms with van der Waals surface area (Å²) in [6, 6.07) is 10.4. The van der Waals surface area contributed by atoms with E-state index in [2.05, 4.69) is 21.2 Å². The maximum Gasteiger partial charge on any atom is 0.269 e. The minimum absolute atomic E-state index is 0.0197. The molecule has 0 aliphatic carbocycles. The van der Waals surface area contributed by atoms with Crippen molar-refractivity contribution in [1.82, 2.24) is 21.2 Å². The maximum absolute atomic E-state index is 11.8. The highest BCUT2D eigenvalue weighted by atomic mass is 32.1. The standard InChI is InChI=1S/C18H18N4O3S/c1-2-25-15-6-3-13(4-7-15)5-8-16(23)20-18(26)22-21-17(24)14-9-11-19-12-10-14/h3-12H,2H2,1H3,(H,21,24)(H2,20,22,23,26)/b8-5+. The topological polar surface area (TPSA) is 92.4 Å². The molecule has 0 atom stereocenters. The fourth-order valence-electron chi connectivity index (χ4n) is 1.89. The van der Waals surface area contributed by atoms with E-state index in [9.17, 15) is 9.59 Å². The molecular formula is C18H18N4O3S. The van der Waals surface area contributed by atoms with Crippen LogP contribution in [0.1, 0.15) is 22.8 Å². The van der Waals surface area contributed by atoms with Crippen LogP contribution in [0, 0.1) is 0 Å². The molecule has 0 saturated carbocycles. The van der Waals surface area contributed by atoms with Crippen LogP contribution in [0.15, 0.2) is 54.9 Å². The number of carbonyl (C=O) groups is 2. The normalized spacial score (nSPS) is 10.2. The number of nitrogens with zero attached hydrogens (tertiary/aromatic N) is 1. The van der Waals surface area contributed by atoms with E-state index in [0.29, 0.717) is 12.2 Å². The van der Waals surface area contributed by atoms with Crippen LogP contribution in [-0.2, 0) is 4.79 Å². The van der Waals surface area contributed by atoms with Gasteiger partial charge in [0.05, 0.1) is 6.61 Å². The van der Waals surface area contributed by atoms with E-state index in [4.69, 9.17) is 17.0 Å². The molecule has 1 heterocycles. The number of ether oxygens (including phenoxy) is 1. The summed E-state index contributed by atoms with van der Waals surface area (Å²) >= 11 is 4.96. The lowest BCUT2D eigenvalue weighted by Gasteiger charge is -2.09. The Morgan fingerprint density at radius 1 is 1.12 bits per heavy atom. The van der Waals surface area contributed by atoms with Crippen molar-refractivity contribution in [2.45, 2.75) is 6.92 Å². The molecule has 134 valence electrons. The van der Waals surface area contributed by atoms with Gasteiger partial charge in [0.2, 0.25) is 5.91 Å². The van der Waals surface area contributed by atoms with Gasteiger partial charge in [0.25, 0.3) is 5.91 Å². The molecule has 2 amide bonds. The molecule has 0 aliphatic heterocycles. The fraction of sp³-hybridized carbons (Fsp3) is 0.111. The van der Waals surface area contributed by atoms with Gasteiger partial charge in [-0.3, -0.25) is 30.7 Å². The van der Waals surface area contributed by atoms with Gasteiger partial charge in [-0.05, 0) is 55.0 Å². The number of rotatable bonds is 5. The first-order valence-corrected chi connectivity index (χ1v) is 8.21. The molecule has 7 nitrogen and oxygen atoms in total. The molecule has 0 saturated heterocycles. The Balaban J connectivity index is 1.77. The summed E-state index contributed by atoms with van der Waals surface area (Å²) in [6.45, 7) is 2.51. The van der Waals surface area contributed by atoms with Gasteiger partial charge in [0.1, 0.15) is 5.75 Å². The Morgan fingerprint density at radius 2 is 1.81 bits per heavy atom. The van der Waals surface area contributed by atoms with Gasteiger partial charge in [0.15, 0.2) is 5.11 Å². The van der Waals surface area contributed by atoms with Crippen molar-refractivity contribution in [2.24, 2.45) is 0 Å². The maximum atomic E-state index is 11.8. The lowest BCUT2D eigenvalue weighted by atomic mass is 10.2. The summed E-state index contributed by atoms with van der Waals surface area (Å²) < 4.78 is 5.35. The highest BCUT2D eigenvalue weighted by Crippen LogP contribution is 2.12. The first-order valence-electron chi connectivity index (χ1n) is 7.80. The summed E-state index contributed by atoms with van der Waals surface area (Å²) in [7, 11) is 0. The molecule has 0 radical (unpaired) electrons. The molecule has 1 aromatic carbocycles. The van der Waals surface area contributed by atoms with Crippen molar-refractivity contribution in [1.29, 1.82) is 0 Å². The van der Waals surface area contributed by atoms with Gasteiger partial charge in [-0.1, -0.05) is 12.1 Å². The van der Waals surface area contributed by atoms with Gasteiger partial charge in [-0.15, -0.1) is 0 Å². The first-order chi connectivity index (χ1) is 12.6. The molecule has 2 rings (SSSR count). The first kappa shape index (κ1) is 19.1. The van der Waals surface area contributed by atoms with Gasteiger partial charge >= 0.3 is 0 Å². The van der Waals surface area contributed by atoms with Gasteiger partial charge < -0.3 is 4.74 Å². The number of hydrazine groups is 1. The zero-order chi connectivity index (χ0) is 18.8. The zero-order valence-electron chi connectivity index (χ0n) is 14.1. The van der Waals surface area contributed by atoms with E-state index in [-0.39, 0.29) is 5.11 Å². The van der Waals surface area contributed by atoms with Crippen LogP contribution >= 0.6 is 12.2 Å². The molecule has 0 fully saturated rings. The van der Waals surface area contributed by atoms with Gasteiger partial charge in [-0.25, -0.2) is 0 Å². The smallest absolute Gasteiger partial charge is 0.269 e. The molecule has 0 unspecified atom stereocenters. The second kappa shape index (κ2) is 9.90. The van der Waals surface area contributed by atoms with Gasteiger partial charge in [-0.2, -0.15) is 0 Å². The summed E-state index contributed by atoms with van der Waals surface area (Å²) in [5.41, 5.74) is 6.10. The molecule has 2 aromatic rings. The van der Waals surface area contributed by atoms with E-state index in [1.165, 1.54) is 18.5 Å². The lowest BCUT2D eigenvalue weighted by Crippen LogP contribution is -2.48. The number of carbonyl (C=O) groups excluding carboxylic acids is 2. The number of hydrogen-bond acceptors (Lipinski definition) is 5. The van der Waals surface area contributed by atoms with Crippen LogP contribution in [-0.4, -0.2) is 28.5 Å². The third-order valence-electron chi connectivity index (χ3n) is 3.09. The number of pyridine rings is 1. The van der Waals surface area contributed by atoms with Crippen molar-refractivity contribution in [3.63, 3.8) is 0 Å². The van der Waals surface area contributed by atoms with Gasteiger partial charge in [0, 0.05) is 24.0 Å². The largest absolute Gasteiger partial charge is 0.494 e. The van der Waals surface area contributed by atoms with E-state index in [1.807, 2.05) is 31.2 Å². The second-order valence-corrected chi connectivity index (χ2v) is 5.38. The minimum Gasteiger partial charge on any atom is -0.494 e. The highest BCUT2D eigenvalue weighted by molar-refractivity contribution is 7.80. The molecular weight excluding hydrogens is 352 g/mol. The van der Waals surface area contributed by atoms with Crippen molar-refractivity contribution in [2.75, 3.05) is 6.61 Å². The SMILES string of the molecule is CCOc1ccc(/C=C/C(=O)NC(=S)NNC(=O)c2ccncc2)cc1. The van der Waals surface area contributed by atoms with Crippen molar-refractivity contribution >= 4 is 35.2 Å².